The van der Waals surface area contributed by atoms with Crippen LogP contribution in [0.4, 0.5) is 5.13 Å². The molecule has 0 amide bonds. The van der Waals surface area contributed by atoms with Crippen molar-refractivity contribution in [2.75, 3.05) is 17.6 Å². The number of nitrogens with one attached hydrogen (secondary N) is 1. The van der Waals surface area contributed by atoms with Crippen LogP contribution in [0.15, 0.2) is 34.4 Å². The molecule has 0 radical (unpaired) electrons. The van der Waals surface area contributed by atoms with Gasteiger partial charge < -0.3 is 10.4 Å². The first-order valence-corrected chi connectivity index (χ1v) is 12.1. The van der Waals surface area contributed by atoms with Gasteiger partial charge in [-0.05, 0) is 30.9 Å². The molecule has 29 heavy (non-hydrogen) atoms. The van der Waals surface area contributed by atoms with Gasteiger partial charge in [0.15, 0.2) is 4.34 Å². The third kappa shape index (κ3) is 5.92. The normalized spacial score (nSPS) is 13.1. The molecule has 3 aromatic rings. The molecular weight excluding hydrogens is 422 g/mol. The van der Waals surface area contributed by atoms with Crippen molar-refractivity contribution < 1.29 is 5.11 Å². The number of thioether (sulfide) groups is 1. The van der Waals surface area contributed by atoms with Crippen LogP contribution in [0.1, 0.15) is 38.1 Å². The summed E-state index contributed by atoms with van der Waals surface area (Å²) in [5.41, 5.74) is 1.04. The van der Waals surface area contributed by atoms with E-state index in [2.05, 4.69) is 40.4 Å². The molecule has 0 spiro atoms. The van der Waals surface area contributed by atoms with Gasteiger partial charge in [0.25, 0.3) is 0 Å². The second-order valence-corrected chi connectivity index (χ2v) is 9.90. The van der Waals surface area contributed by atoms with E-state index in [1.54, 1.807) is 0 Å². The molecule has 1 atom stereocenters. The third-order valence-electron chi connectivity index (χ3n) is 4.49. The number of allylic oxidation sites excluding steroid dienone is 1. The average molecular weight is 446 g/mol. The third-order valence-corrected chi connectivity index (χ3v) is 7.57. The number of aromatic nitrogens is 3. The molecule has 1 aromatic carbocycles. The number of benzene rings is 1. The number of thiazole rings is 1. The fourth-order valence-corrected chi connectivity index (χ4v) is 5.24. The first-order chi connectivity index (χ1) is 14.1. The summed E-state index contributed by atoms with van der Waals surface area (Å²) in [6, 6.07) is 9.78. The lowest BCUT2D eigenvalue weighted by Crippen LogP contribution is -2.03. The Labute approximate surface area is 182 Å². The highest BCUT2D eigenvalue weighted by Crippen LogP contribution is 2.31. The number of rotatable bonds is 10. The molecule has 2 aromatic heterocycles. The van der Waals surface area contributed by atoms with E-state index in [0.717, 1.165) is 38.6 Å². The van der Waals surface area contributed by atoms with E-state index in [-0.39, 0.29) is 17.1 Å². The van der Waals surface area contributed by atoms with Crippen molar-refractivity contribution in [2.45, 2.75) is 37.4 Å². The summed E-state index contributed by atoms with van der Waals surface area (Å²) in [5.74, 6) is 1.01. The van der Waals surface area contributed by atoms with Crippen LogP contribution < -0.4 is 5.32 Å². The quantitative estimate of drug-likeness (QED) is 0.172. The highest BCUT2D eigenvalue weighted by molar-refractivity contribution is 8.01. The Morgan fingerprint density at radius 3 is 2.90 bits per heavy atom. The number of nitrogens with zero attached hydrogens (tertiary/aromatic N) is 4. The summed E-state index contributed by atoms with van der Waals surface area (Å²) in [7, 11) is 0. The Bertz CT molecular complexity index is 987. The SMILES string of the molecule is CC[C@H](C)CCCNc1nnc(SCC(O)=C(C#N)c2nc3ccccc3s2)s1. The minimum Gasteiger partial charge on any atom is -0.510 e. The molecule has 0 bridgehead atoms. The van der Waals surface area contributed by atoms with Crippen LogP contribution in [0.25, 0.3) is 15.8 Å². The Morgan fingerprint density at radius 1 is 1.31 bits per heavy atom. The standard InChI is InChI=1S/C20H23N5OS3/c1-3-13(2)7-6-10-22-19-24-25-20(29-19)27-12-16(26)14(11-21)18-23-15-8-4-5-9-17(15)28-18/h4-5,8-9,13,26H,3,6-7,10,12H2,1-2H3,(H,22,24)/t13-/m0/s1. The maximum atomic E-state index is 10.4. The first-order valence-electron chi connectivity index (χ1n) is 9.49. The number of para-hydroxylation sites is 1. The lowest BCUT2D eigenvalue weighted by Gasteiger charge is -2.07. The Balaban J connectivity index is 1.57. The number of anilines is 1. The smallest absolute Gasteiger partial charge is 0.206 e. The zero-order valence-electron chi connectivity index (χ0n) is 16.4. The molecule has 9 heteroatoms. The van der Waals surface area contributed by atoms with Gasteiger partial charge >= 0.3 is 0 Å². The second-order valence-electron chi connectivity index (χ2n) is 6.66. The van der Waals surface area contributed by atoms with Crippen molar-refractivity contribution >= 4 is 55.4 Å². The van der Waals surface area contributed by atoms with Crippen molar-refractivity contribution in [3.63, 3.8) is 0 Å². The van der Waals surface area contributed by atoms with Gasteiger partial charge in [0.1, 0.15) is 22.4 Å². The average Bonchev–Trinajstić information content (AvgIpc) is 3.36. The molecule has 0 saturated carbocycles. The monoisotopic (exact) mass is 445 g/mol. The number of hydrogen-bond acceptors (Lipinski definition) is 9. The van der Waals surface area contributed by atoms with Crippen LogP contribution in [0.3, 0.4) is 0 Å². The van der Waals surface area contributed by atoms with Gasteiger partial charge in [0.05, 0.1) is 16.0 Å². The van der Waals surface area contributed by atoms with Crippen LogP contribution in [-0.4, -0.2) is 32.6 Å². The largest absolute Gasteiger partial charge is 0.510 e. The van der Waals surface area contributed by atoms with E-state index in [1.807, 2.05) is 24.3 Å². The predicted molar refractivity (Wildman–Crippen MR) is 123 cm³/mol. The highest BCUT2D eigenvalue weighted by Gasteiger charge is 2.15. The summed E-state index contributed by atoms with van der Waals surface area (Å²) in [6.07, 6.45) is 3.51. The van der Waals surface area contributed by atoms with E-state index in [1.165, 1.54) is 47.3 Å². The van der Waals surface area contributed by atoms with Crippen LogP contribution >= 0.6 is 34.4 Å². The summed E-state index contributed by atoms with van der Waals surface area (Å²) >= 11 is 4.23. The second kappa shape index (κ2) is 10.6. The van der Waals surface area contributed by atoms with Gasteiger partial charge in [0, 0.05) is 6.54 Å². The van der Waals surface area contributed by atoms with Crippen LogP contribution in [-0.2, 0) is 0 Å². The van der Waals surface area contributed by atoms with Crippen LogP contribution in [0.5, 0.6) is 0 Å². The highest BCUT2D eigenvalue weighted by atomic mass is 32.2. The van der Waals surface area contributed by atoms with Crippen molar-refractivity contribution in [3.05, 3.63) is 35.0 Å². The molecule has 2 N–H and O–H groups in total. The molecule has 0 fully saturated rings. The van der Waals surface area contributed by atoms with Gasteiger partial charge in [-0.1, -0.05) is 55.5 Å². The number of fused-ring (bicyclic) bond motifs is 1. The zero-order valence-corrected chi connectivity index (χ0v) is 18.8. The number of hydrogen-bond donors (Lipinski definition) is 2. The molecule has 6 nitrogen and oxygen atoms in total. The lowest BCUT2D eigenvalue weighted by molar-refractivity contribution is 0.421. The molecule has 0 aliphatic heterocycles. The number of aliphatic hydroxyl groups excluding tert-OH is 1. The molecule has 0 unspecified atom stereocenters. The van der Waals surface area contributed by atoms with Gasteiger partial charge in [-0.25, -0.2) is 4.98 Å². The summed E-state index contributed by atoms with van der Waals surface area (Å²) < 4.78 is 1.74. The molecule has 0 aliphatic rings. The molecule has 152 valence electrons. The van der Waals surface area contributed by atoms with Crippen molar-refractivity contribution in [2.24, 2.45) is 5.92 Å². The van der Waals surface area contributed by atoms with E-state index in [0.29, 0.717) is 5.01 Å². The summed E-state index contributed by atoms with van der Waals surface area (Å²) in [5, 5.41) is 32.9. The fourth-order valence-electron chi connectivity index (χ4n) is 2.61. The van der Waals surface area contributed by atoms with Crippen LogP contribution in [0.2, 0.25) is 0 Å². The number of aliphatic hydroxyl groups is 1. The summed E-state index contributed by atoms with van der Waals surface area (Å²) in [6.45, 7) is 5.36. The maximum absolute atomic E-state index is 10.4. The van der Waals surface area contributed by atoms with E-state index in [4.69, 9.17) is 0 Å². The van der Waals surface area contributed by atoms with Gasteiger partial charge in [-0.2, -0.15) is 5.26 Å². The van der Waals surface area contributed by atoms with Crippen molar-refractivity contribution in [1.29, 1.82) is 5.26 Å². The lowest BCUT2D eigenvalue weighted by atomic mass is 10.0. The minimum absolute atomic E-state index is 0.00909. The predicted octanol–water partition coefficient (Wildman–Crippen LogP) is 5.97. The van der Waals surface area contributed by atoms with Crippen molar-refractivity contribution in [3.8, 4) is 6.07 Å². The van der Waals surface area contributed by atoms with Crippen LogP contribution in [0, 0.1) is 17.2 Å². The Kier molecular flexibility index (Phi) is 7.86. The van der Waals surface area contributed by atoms with Gasteiger partial charge in [0.2, 0.25) is 5.13 Å². The molecule has 0 saturated heterocycles. The molecule has 3 rings (SSSR count). The van der Waals surface area contributed by atoms with Crippen molar-refractivity contribution in [1.82, 2.24) is 15.2 Å². The fraction of sp³-hybridized carbons (Fsp3) is 0.400. The minimum atomic E-state index is 0.00909. The number of nitriles is 1. The molecular formula is C20H23N5OS3. The topological polar surface area (TPSA) is 94.7 Å². The van der Waals surface area contributed by atoms with Gasteiger partial charge in [-0.15, -0.1) is 21.5 Å². The van der Waals surface area contributed by atoms with E-state index in [9.17, 15) is 10.4 Å². The Morgan fingerprint density at radius 2 is 2.14 bits per heavy atom. The maximum Gasteiger partial charge on any atom is 0.206 e. The Hall–Kier alpha value is -2.15. The van der Waals surface area contributed by atoms with Gasteiger partial charge in [-0.3, -0.25) is 0 Å². The zero-order chi connectivity index (χ0) is 20.6. The van der Waals surface area contributed by atoms with E-state index >= 15 is 0 Å². The molecule has 2 heterocycles. The first kappa shape index (κ1) is 21.6. The molecule has 0 aliphatic carbocycles. The summed E-state index contributed by atoms with van der Waals surface area (Å²) in [4.78, 5) is 4.46. The van der Waals surface area contributed by atoms with E-state index < -0.39 is 0 Å².